The van der Waals surface area contributed by atoms with Gasteiger partial charge >= 0.3 is 26.2 Å². The minimum absolute atomic E-state index is 0. The van der Waals surface area contributed by atoms with Gasteiger partial charge in [-0.15, -0.1) is 0 Å². The van der Waals surface area contributed by atoms with Gasteiger partial charge in [0.1, 0.15) is 0 Å². The molecule has 0 saturated heterocycles. The van der Waals surface area contributed by atoms with Crippen LogP contribution in [0.4, 0.5) is 0 Å². The van der Waals surface area contributed by atoms with Crippen LogP contribution < -0.4 is 0 Å². The summed E-state index contributed by atoms with van der Waals surface area (Å²) in [4.78, 5) is 0. The summed E-state index contributed by atoms with van der Waals surface area (Å²) in [6.45, 7) is 12.8. The van der Waals surface area contributed by atoms with E-state index in [2.05, 4.69) is 65.8 Å². The Labute approximate surface area is 140 Å². The maximum absolute atomic E-state index is 2.20. The molecule has 0 radical (unpaired) electrons. The van der Waals surface area contributed by atoms with Crippen LogP contribution in [0.15, 0.2) is 24.3 Å². The number of hydrogen-bond donors (Lipinski definition) is 0. The van der Waals surface area contributed by atoms with Crippen molar-refractivity contribution in [1.29, 1.82) is 0 Å². The molecule has 0 aromatic heterocycles. The minimum Gasteiger partial charge on any atom is -0.358 e. The summed E-state index contributed by atoms with van der Waals surface area (Å²) < 4.78 is 0. The van der Waals surface area contributed by atoms with Crippen molar-refractivity contribution in [3.63, 3.8) is 0 Å². The van der Waals surface area contributed by atoms with Crippen LogP contribution >= 0.6 is 0 Å². The third-order valence-electron chi connectivity index (χ3n) is 3.02. The molecule has 1 heteroatoms. The van der Waals surface area contributed by atoms with Crippen LogP contribution in [0.25, 0.3) is 0 Å². The standard InChI is InChI=1S/2C8H11.2CH3.Zr/c2*1-6-4-7(2)8(3)5-6;;;/h2*4-5H,1-3H3;2*1H3;/q4*-1;+4. The predicted molar refractivity (Wildman–Crippen MR) is 85.3 cm³/mol. The summed E-state index contributed by atoms with van der Waals surface area (Å²) in [7, 11) is 0. The van der Waals surface area contributed by atoms with Crippen molar-refractivity contribution < 1.29 is 26.2 Å². The molecule has 104 valence electrons. The van der Waals surface area contributed by atoms with E-state index in [1.54, 1.807) is 0 Å². The molecule has 0 N–H and O–H groups in total. The van der Waals surface area contributed by atoms with Gasteiger partial charge < -0.3 is 14.9 Å². The summed E-state index contributed by atoms with van der Waals surface area (Å²) in [6.07, 6.45) is 0. The van der Waals surface area contributed by atoms with Crippen LogP contribution in [-0.4, -0.2) is 0 Å². The van der Waals surface area contributed by atoms with Gasteiger partial charge in [-0.2, -0.15) is 34.4 Å². The molecule has 0 saturated carbocycles. The zero-order valence-electron chi connectivity index (χ0n) is 13.8. The van der Waals surface area contributed by atoms with Gasteiger partial charge in [-0.1, -0.05) is 41.5 Å². The van der Waals surface area contributed by atoms with Gasteiger partial charge in [0.2, 0.25) is 0 Å². The topological polar surface area (TPSA) is 0 Å². The first-order valence-electron chi connectivity index (χ1n) is 5.81. The second-order valence-electron chi connectivity index (χ2n) is 4.80. The third kappa shape index (κ3) is 7.68. The summed E-state index contributed by atoms with van der Waals surface area (Å²) in [5, 5.41) is 0. The fourth-order valence-electron chi connectivity index (χ4n) is 1.90. The van der Waals surface area contributed by atoms with Gasteiger partial charge in [-0.3, -0.25) is 0 Å². The molecular formula is C18H28Zr. The van der Waals surface area contributed by atoms with E-state index in [-0.39, 0.29) is 41.1 Å². The molecular weight excluding hydrogens is 307 g/mol. The largest absolute Gasteiger partial charge is 4.00 e. The fraction of sp³-hybridized carbons (Fsp3) is 0.333. The van der Waals surface area contributed by atoms with Gasteiger partial charge in [0.25, 0.3) is 0 Å². The Morgan fingerprint density at radius 3 is 1.00 bits per heavy atom. The first-order valence-corrected chi connectivity index (χ1v) is 5.81. The molecule has 0 nitrogen and oxygen atoms in total. The fourth-order valence-corrected chi connectivity index (χ4v) is 1.90. The molecule has 0 unspecified atom stereocenters. The smallest absolute Gasteiger partial charge is 0.358 e. The molecule has 0 aliphatic rings. The first kappa shape index (κ1) is 23.7. The van der Waals surface area contributed by atoms with E-state index in [1.807, 2.05) is 0 Å². The summed E-state index contributed by atoms with van der Waals surface area (Å²) in [6, 6.07) is 8.81. The van der Waals surface area contributed by atoms with Crippen molar-refractivity contribution in [3.8, 4) is 0 Å². The van der Waals surface area contributed by atoms with Crippen LogP contribution in [0, 0.1) is 56.4 Å². The summed E-state index contributed by atoms with van der Waals surface area (Å²) in [5.74, 6) is 0. The second kappa shape index (κ2) is 10.4. The molecule has 0 aliphatic carbocycles. The Hall–Kier alpha value is -0.417. The summed E-state index contributed by atoms with van der Waals surface area (Å²) >= 11 is 0. The van der Waals surface area contributed by atoms with E-state index in [1.165, 1.54) is 33.4 Å². The zero-order valence-corrected chi connectivity index (χ0v) is 16.3. The molecule has 0 heterocycles. The van der Waals surface area contributed by atoms with E-state index in [0.717, 1.165) is 0 Å². The quantitative estimate of drug-likeness (QED) is 0.553. The SMILES string of the molecule is Cc1cc(C)[c-](C)c1.Cc1cc(C)[c-](C)c1.[CH3-].[CH3-].[Zr+4]. The van der Waals surface area contributed by atoms with Crippen molar-refractivity contribution in [2.75, 3.05) is 0 Å². The summed E-state index contributed by atoms with van der Waals surface area (Å²) in [5.41, 5.74) is 8.37. The number of rotatable bonds is 0. The van der Waals surface area contributed by atoms with Crippen molar-refractivity contribution >= 4 is 0 Å². The predicted octanol–water partition coefficient (Wildman–Crippen LogP) is 5.56. The number of aryl methyl sites for hydroxylation is 6. The molecule has 0 fully saturated rings. The van der Waals surface area contributed by atoms with Crippen molar-refractivity contribution in [1.82, 2.24) is 0 Å². The monoisotopic (exact) mass is 334 g/mol. The molecule has 0 spiro atoms. The van der Waals surface area contributed by atoms with Gasteiger partial charge in [0, 0.05) is 0 Å². The second-order valence-corrected chi connectivity index (χ2v) is 4.80. The van der Waals surface area contributed by atoms with E-state index in [0.29, 0.717) is 0 Å². The average molecular weight is 336 g/mol. The molecule has 2 aromatic rings. The molecule has 0 atom stereocenters. The Morgan fingerprint density at radius 2 is 0.947 bits per heavy atom. The molecule has 2 rings (SSSR count). The normalized spacial score (nSPS) is 8.32. The molecule has 0 aliphatic heterocycles. The molecule has 2 aromatic carbocycles. The zero-order chi connectivity index (χ0) is 12.3. The van der Waals surface area contributed by atoms with Crippen LogP contribution in [0.2, 0.25) is 0 Å². The van der Waals surface area contributed by atoms with E-state index in [4.69, 9.17) is 0 Å². The van der Waals surface area contributed by atoms with Gasteiger partial charge in [0.05, 0.1) is 0 Å². The third-order valence-corrected chi connectivity index (χ3v) is 3.02. The van der Waals surface area contributed by atoms with Gasteiger partial charge in [0.15, 0.2) is 0 Å². The van der Waals surface area contributed by atoms with Crippen LogP contribution in [0.3, 0.4) is 0 Å². The van der Waals surface area contributed by atoms with Crippen LogP contribution in [-0.2, 0) is 26.2 Å². The van der Waals surface area contributed by atoms with E-state index < -0.39 is 0 Å². The Balaban J connectivity index is -0.000000233. The maximum Gasteiger partial charge on any atom is 4.00 e. The van der Waals surface area contributed by atoms with Crippen LogP contribution in [0.5, 0.6) is 0 Å². The number of hydrogen-bond acceptors (Lipinski definition) is 0. The Bertz CT molecular complexity index is 375. The maximum atomic E-state index is 2.20. The molecule has 0 amide bonds. The average Bonchev–Trinajstić information content (AvgIpc) is 2.58. The van der Waals surface area contributed by atoms with E-state index in [9.17, 15) is 0 Å². The minimum atomic E-state index is 0. The van der Waals surface area contributed by atoms with Gasteiger partial charge in [-0.05, 0) is 0 Å². The van der Waals surface area contributed by atoms with Crippen LogP contribution in [0.1, 0.15) is 33.4 Å². The van der Waals surface area contributed by atoms with E-state index >= 15 is 0 Å². The van der Waals surface area contributed by atoms with Gasteiger partial charge in [-0.25, -0.2) is 23.3 Å². The first-order chi connectivity index (χ1) is 7.40. The van der Waals surface area contributed by atoms with Crippen molar-refractivity contribution in [2.45, 2.75) is 41.5 Å². The Morgan fingerprint density at radius 1 is 0.684 bits per heavy atom. The molecule has 19 heavy (non-hydrogen) atoms. The Kier molecular flexibility index (Phi) is 12.9. The molecule has 0 bridgehead atoms. The van der Waals surface area contributed by atoms with Crippen molar-refractivity contribution in [3.05, 3.63) is 72.5 Å². The van der Waals surface area contributed by atoms with Crippen molar-refractivity contribution in [2.24, 2.45) is 0 Å².